The molecular weight excluding hydrogens is 274 g/mol. The van der Waals surface area contributed by atoms with Gasteiger partial charge in [0.2, 0.25) is 0 Å². The summed E-state index contributed by atoms with van der Waals surface area (Å²) in [4.78, 5) is 7.33. The quantitative estimate of drug-likeness (QED) is 0.734. The Bertz CT molecular complexity index is 899. The number of fused-ring (bicyclic) bond motifs is 1. The minimum atomic E-state index is 0.861. The molecule has 0 amide bonds. The molecule has 0 aromatic carbocycles. The van der Waals surface area contributed by atoms with Crippen LogP contribution in [0.5, 0.6) is 0 Å². The summed E-state index contributed by atoms with van der Waals surface area (Å²) in [6.45, 7) is 7.07. The first-order chi connectivity index (χ1) is 9.20. The molecule has 5 heteroatoms. The fourth-order valence-electron chi connectivity index (χ4n) is 2.14. The van der Waals surface area contributed by atoms with E-state index in [0.29, 0.717) is 0 Å². The van der Waals surface area contributed by atoms with Gasteiger partial charge in [0.25, 0.3) is 0 Å². The Labute approximate surface area is 119 Å². The summed E-state index contributed by atoms with van der Waals surface area (Å²) in [6, 6.07) is 2.01. The molecule has 0 spiro atoms. The van der Waals surface area contributed by atoms with Crippen LogP contribution in [-0.4, -0.2) is 14.5 Å². The molecule has 3 aromatic rings. The Morgan fingerprint density at radius 3 is 3.16 bits per heavy atom. The van der Waals surface area contributed by atoms with Crippen molar-refractivity contribution < 1.29 is 0 Å². The zero-order chi connectivity index (χ0) is 13.4. The Morgan fingerprint density at radius 2 is 2.42 bits per heavy atom. The molecule has 0 bridgehead atoms. The Balaban J connectivity index is 2.27. The number of aromatic amines is 1. The lowest BCUT2D eigenvalue weighted by atomic mass is 10.2. The van der Waals surface area contributed by atoms with Gasteiger partial charge in [0.15, 0.2) is 3.95 Å². The highest BCUT2D eigenvalue weighted by Gasteiger charge is 2.02. The largest absolute Gasteiger partial charge is 0.359 e. The third-order valence-corrected chi connectivity index (χ3v) is 4.58. The van der Waals surface area contributed by atoms with Gasteiger partial charge in [0, 0.05) is 29.9 Å². The van der Waals surface area contributed by atoms with Crippen molar-refractivity contribution in [2.45, 2.75) is 13.5 Å². The molecule has 3 aromatic heterocycles. The molecule has 0 aliphatic rings. The number of aromatic nitrogens is 3. The van der Waals surface area contributed by atoms with Gasteiger partial charge in [-0.05, 0) is 31.3 Å². The van der Waals surface area contributed by atoms with E-state index in [9.17, 15) is 0 Å². The maximum Gasteiger partial charge on any atom is 0.162 e. The van der Waals surface area contributed by atoms with Crippen molar-refractivity contribution in [3.05, 3.63) is 44.1 Å². The molecular formula is C14H13N3S2. The first-order valence-electron chi connectivity index (χ1n) is 6.02. The number of nitrogens with zero attached hydrogens (tertiary/aromatic N) is 2. The molecule has 3 heterocycles. The van der Waals surface area contributed by atoms with E-state index in [-0.39, 0.29) is 0 Å². The van der Waals surface area contributed by atoms with Crippen LogP contribution < -0.4 is 9.88 Å². The molecule has 0 unspecified atom stereocenters. The van der Waals surface area contributed by atoms with E-state index in [0.717, 1.165) is 36.8 Å². The van der Waals surface area contributed by atoms with Crippen LogP contribution in [0.4, 0.5) is 0 Å². The zero-order valence-electron chi connectivity index (χ0n) is 10.5. The van der Waals surface area contributed by atoms with Gasteiger partial charge in [-0.3, -0.25) is 4.98 Å². The Kier molecular flexibility index (Phi) is 3.08. The highest BCUT2D eigenvalue weighted by molar-refractivity contribution is 7.73. The third kappa shape index (κ3) is 2.05. The number of pyridine rings is 1. The summed E-state index contributed by atoms with van der Waals surface area (Å²) in [5.41, 5.74) is 2.18. The number of H-pyrrole nitrogens is 1. The van der Waals surface area contributed by atoms with Gasteiger partial charge < -0.3 is 9.55 Å². The van der Waals surface area contributed by atoms with E-state index in [2.05, 4.69) is 34.1 Å². The molecule has 0 radical (unpaired) electrons. The van der Waals surface area contributed by atoms with Crippen LogP contribution in [0, 0.1) is 3.95 Å². The van der Waals surface area contributed by atoms with Crippen molar-refractivity contribution in [2.24, 2.45) is 0 Å². The average Bonchev–Trinajstić information content (AvgIpc) is 2.93. The molecule has 0 atom stereocenters. The van der Waals surface area contributed by atoms with Crippen molar-refractivity contribution in [3.63, 3.8) is 0 Å². The van der Waals surface area contributed by atoms with Crippen LogP contribution in [-0.2, 0) is 6.54 Å². The number of nitrogens with one attached hydrogen (secondary N) is 1. The summed E-state index contributed by atoms with van der Waals surface area (Å²) in [7, 11) is 0. The molecule has 19 heavy (non-hydrogen) atoms. The molecule has 1 N–H and O–H groups in total. The molecule has 0 saturated heterocycles. The van der Waals surface area contributed by atoms with E-state index in [1.54, 1.807) is 17.5 Å². The average molecular weight is 287 g/mol. The summed E-state index contributed by atoms with van der Waals surface area (Å²) >= 11 is 6.96. The predicted octanol–water partition coefficient (Wildman–Crippen LogP) is 2.41. The summed E-state index contributed by atoms with van der Waals surface area (Å²) < 4.78 is 4.05. The SMILES string of the molecule is C=c1/c(=C/c2c[nH]c3cnccc23)sc(=S)n1CC. The van der Waals surface area contributed by atoms with Crippen LogP contribution in [0.3, 0.4) is 0 Å². The maximum absolute atomic E-state index is 5.35. The topological polar surface area (TPSA) is 33.6 Å². The molecule has 0 saturated carbocycles. The zero-order valence-corrected chi connectivity index (χ0v) is 12.1. The summed E-state index contributed by atoms with van der Waals surface area (Å²) in [6.07, 6.45) is 7.76. The second-order valence-electron chi connectivity index (χ2n) is 4.23. The van der Waals surface area contributed by atoms with Crippen LogP contribution >= 0.6 is 23.6 Å². The number of rotatable bonds is 2. The van der Waals surface area contributed by atoms with Crippen molar-refractivity contribution in [1.82, 2.24) is 14.5 Å². The monoisotopic (exact) mass is 287 g/mol. The van der Waals surface area contributed by atoms with Crippen LogP contribution in [0.25, 0.3) is 23.6 Å². The van der Waals surface area contributed by atoms with E-state index in [1.807, 2.05) is 18.5 Å². The lowest BCUT2D eigenvalue weighted by Crippen LogP contribution is -2.26. The van der Waals surface area contributed by atoms with E-state index < -0.39 is 0 Å². The minimum Gasteiger partial charge on any atom is -0.359 e. The minimum absolute atomic E-state index is 0.861. The van der Waals surface area contributed by atoms with Gasteiger partial charge in [-0.25, -0.2) is 0 Å². The third-order valence-electron chi connectivity index (χ3n) is 3.15. The first kappa shape index (κ1) is 12.3. The lowest BCUT2D eigenvalue weighted by Gasteiger charge is -1.93. The Hall–Kier alpha value is -1.72. The van der Waals surface area contributed by atoms with Crippen LogP contribution in [0.1, 0.15) is 12.5 Å². The second kappa shape index (κ2) is 4.75. The predicted molar refractivity (Wildman–Crippen MR) is 83.2 cm³/mol. The van der Waals surface area contributed by atoms with Crippen molar-refractivity contribution >= 4 is 47.1 Å². The molecule has 3 nitrogen and oxygen atoms in total. The van der Waals surface area contributed by atoms with Crippen LogP contribution in [0.15, 0.2) is 24.7 Å². The fraction of sp³-hybridized carbons (Fsp3) is 0.143. The summed E-state index contributed by atoms with van der Waals surface area (Å²) in [5.74, 6) is 0. The van der Waals surface area contributed by atoms with E-state index >= 15 is 0 Å². The molecule has 96 valence electrons. The Morgan fingerprint density at radius 1 is 1.58 bits per heavy atom. The number of hydrogen-bond acceptors (Lipinski definition) is 3. The number of hydrogen-bond donors (Lipinski definition) is 1. The molecule has 0 aliphatic carbocycles. The lowest BCUT2D eigenvalue weighted by molar-refractivity contribution is 0.739. The smallest absolute Gasteiger partial charge is 0.162 e. The maximum atomic E-state index is 5.35. The van der Waals surface area contributed by atoms with Gasteiger partial charge in [0.1, 0.15) is 0 Å². The molecule has 0 aliphatic heterocycles. The van der Waals surface area contributed by atoms with E-state index in [4.69, 9.17) is 12.2 Å². The molecule has 0 fully saturated rings. The highest BCUT2D eigenvalue weighted by atomic mass is 32.1. The standard InChI is InChI=1S/C14H13N3S2/c1-3-17-9(2)13(19-14(17)18)6-10-7-16-12-8-15-5-4-11(10)12/h4-8,16H,2-3H2,1H3/b13-6-. The highest BCUT2D eigenvalue weighted by Crippen LogP contribution is 2.16. The normalized spacial score (nSPS) is 12.4. The van der Waals surface area contributed by atoms with Crippen molar-refractivity contribution in [1.29, 1.82) is 0 Å². The van der Waals surface area contributed by atoms with Gasteiger partial charge in [-0.1, -0.05) is 6.58 Å². The van der Waals surface area contributed by atoms with Crippen molar-refractivity contribution in [3.8, 4) is 0 Å². The molecule has 3 rings (SSSR count). The van der Waals surface area contributed by atoms with E-state index in [1.165, 1.54) is 0 Å². The van der Waals surface area contributed by atoms with Gasteiger partial charge in [-0.2, -0.15) is 0 Å². The summed E-state index contributed by atoms with van der Waals surface area (Å²) in [5, 5.41) is 2.15. The van der Waals surface area contributed by atoms with Gasteiger partial charge >= 0.3 is 0 Å². The van der Waals surface area contributed by atoms with Gasteiger partial charge in [-0.15, -0.1) is 11.3 Å². The second-order valence-corrected chi connectivity index (χ2v) is 5.91. The first-order valence-corrected chi connectivity index (χ1v) is 7.24. The number of thiazole rings is 1. The van der Waals surface area contributed by atoms with Crippen LogP contribution in [0.2, 0.25) is 0 Å². The van der Waals surface area contributed by atoms with Gasteiger partial charge in [0.05, 0.1) is 21.6 Å². The van der Waals surface area contributed by atoms with Crippen molar-refractivity contribution in [2.75, 3.05) is 0 Å². The fourth-order valence-corrected chi connectivity index (χ4v) is 3.60.